The van der Waals surface area contributed by atoms with Gasteiger partial charge in [0, 0.05) is 43.8 Å². The predicted molar refractivity (Wildman–Crippen MR) is 106 cm³/mol. The van der Waals surface area contributed by atoms with Crippen molar-refractivity contribution in [3.63, 3.8) is 0 Å². The van der Waals surface area contributed by atoms with E-state index in [1.165, 1.54) is 29.3 Å². The van der Waals surface area contributed by atoms with Gasteiger partial charge in [0.2, 0.25) is 0 Å². The van der Waals surface area contributed by atoms with Crippen LogP contribution < -0.4 is 15.5 Å². The highest BCUT2D eigenvalue weighted by molar-refractivity contribution is 7.17. The molecule has 0 aliphatic carbocycles. The second-order valence-corrected chi connectivity index (χ2v) is 8.20. The van der Waals surface area contributed by atoms with Gasteiger partial charge in [0.1, 0.15) is 16.2 Å². The standard InChI is InChI=1S/C18H19F2N7OS/c1-26-7-12(15(25-26)16(19)20)23-17(28)11-8-29-18-14(11)24-13(6-22-18)27-9-2-3-10(27)5-21-4-9/h6-10,16,21H,2-5H2,1H3,(H,23,28). The van der Waals surface area contributed by atoms with Crippen LogP contribution in [0, 0.1) is 0 Å². The van der Waals surface area contributed by atoms with Crippen LogP contribution in [0.1, 0.15) is 35.3 Å². The minimum absolute atomic E-state index is 0.00360. The van der Waals surface area contributed by atoms with Gasteiger partial charge in [0.25, 0.3) is 12.3 Å². The van der Waals surface area contributed by atoms with Gasteiger partial charge in [0.15, 0.2) is 5.69 Å². The van der Waals surface area contributed by atoms with E-state index in [0.29, 0.717) is 28.0 Å². The summed E-state index contributed by atoms with van der Waals surface area (Å²) in [5.74, 6) is 0.259. The summed E-state index contributed by atoms with van der Waals surface area (Å²) in [6.45, 7) is 1.81. The number of rotatable bonds is 4. The summed E-state index contributed by atoms with van der Waals surface area (Å²) in [6, 6.07) is 0.751. The molecule has 2 aliphatic rings. The predicted octanol–water partition coefficient (Wildman–Crippen LogP) is 2.56. The molecule has 8 nitrogen and oxygen atoms in total. The van der Waals surface area contributed by atoms with Crippen LogP contribution in [-0.2, 0) is 7.05 Å². The van der Waals surface area contributed by atoms with E-state index in [1.807, 2.05) is 0 Å². The largest absolute Gasteiger partial charge is 0.347 e. The zero-order chi connectivity index (χ0) is 20.1. The lowest BCUT2D eigenvalue weighted by Gasteiger charge is -2.36. The van der Waals surface area contributed by atoms with Crippen molar-refractivity contribution in [3.05, 3.63) is 29.0 Å². The van der Waals surface area contributed by atoms with E-state index >= 15 is 0 Å². The number of nitrogens with zero attached hydrogens (tertiary/aromatic N) is 5. The smallest absolute Gasteiger partial charge is 0.284 e. The monoisotopic (exact) mass is 419 g/mol. The van der Waals surface area contributed by atoms with Crippen molar-refractivity contribution in [2.75, 3.05) is 23.3 Å². The minimum Gasteiger partial charge on any atom is -0.347 e. The lowest BCUT2D eigenvalue weighted by molar-refractivity contribution is 0.102. The van der Waals surface area contributed by atoms with Crippen LogP contribution in [-0.4, -0.2) is 50.8 Å². The minimum atomic E-state index is -2.78. The number of anilines is 2. The first-order valence-electron chi connectivity index (χ1n) is 9.37. The normalized spacial score (nSPS) is 21.3. The zero-order valence-corrected chi connectivity index (χ0v) is 16.4. The van der Waals surface area contributed by atoms with E-state index < -0.39 is 18.0 Å². The van der Waals surface area contributed by atoms with Gasteiger partial charge in [0.05, 0.1) is 17.4 Å². The van der Waals surface area contributed by atoms with Crippen LogP contribution in [0.3, 0.4) is 0 Å². The van der Waals surface area contributed by atoms with E-state index in [4.69, 9.17) is 4.98 Å². The molecule has 5 rings (SSSR count). The van der Waals surface area contributed by atoms with Crippen molar-refractivity contribution in [2.24, 2.45) is 7.05 Å². The molecule has 0 radical (unpaired) electrons. The maximum absolute atomic E-state index is 13.2. The Morgan fingerprint density at radius 3 is 2.83 bits per heavy atom. The molecular weight excluding hydrogens is 400 g/mol. The molecule has 2 fully saturated rings. The summed E-state index contributed by atoms with van der Waals surface area (Å²) in [7, 11) is 1.53. The highest BCUT2D eigenvalue weighted by Gasteiger charge is 2.37. The first-order valence-corrected chi connectivity index (χ1v) is 10.3. The molecule has 0 saturated carbocycles. The average Bonchev–Trinajstić information content (AvgIpc) is 3.34. The van der Waals surface area contributed by atoms with Gasteiger partial charge in [-0.2, -0.15) is 5.10 Å². The number of nitrogens with one attached hydrogen (secondary N) is 2. The number of carbonyl (C=O) groups excluding carboxylic acids is 1. The van der Waals surface area contributed by atoms with Crippen molar-refractivity contribution in [3.8, 4) is 0 Å². The number of fused-ring (bicyclic) bond motifs is 3. The van der Waals surface area contributed by atoms with Gasteiger partial charge < -0.3 is 15.5 Å². The van der Waals surface area contributed by atoms with Gasteiger partial charge in [-0.25, -0.2) is 18.7 Å². The number of amides is 1. The molecule has 3 aromatic heterocycles. The topological polar surface area (TPSA) is 88.0 Å². The van der Waals surface area contributed by atoms with Crippen molar-refractivity contribution >= 4 is 39.1 Å². The van der Waals surface area contributed by atoms with Crippen LogP contribution in [0.4, 0.5) is 20.3 Å². The van der Waals surface area contributed by atoms with Crippen LogP contribution in [0.25, 0.3) is 10.3 Å². The SMILES string of the molecule is Cn1cc(NC(=O)c2csc3ncc(N4C5CCC4CNC5)nc23)c(C(F)F)n1. The Labute approximate surface area is 168 Å². The van der Waals surface area contributed by atoms with Gasteiger partial charge in [-0.15, -0.1) is 11.3 Å². The number of aromatic nitrogens is 4. The lowest BCUT2D eigenvalue weighted by Crippen LogP contribution is -2.52. The molecule has 2 saturated heterocycles. The fourth-order valence-corrected chi connectivity index (χ4v) is 5.02. The molecule has 3 aromatic rings. The molecular formula is C18H19F2N7OS. The number of hydrogen-bond acceptors (Lipinski definition) is 7. The van der Waals surface area contributed by atoms with Crippen LogP contribution in [0.5, 0.6) is 0 Å². The van der Waals surface area contributed by atoms with E-state index in [2.05, 4.69) is 25.6 Å². The fraction of sp³-hybridized carbons (Fsp3) is 0.444. The number of piperazine rings is 1. The number of halogens is 2. The molecule has 0 aromatic carbocycles. The van der Waals surface area contributed by atoms with Crippen LogP contribution in [0.15, 0.2) is 17.8 Å². The molecule has 2 atom stereocenters. The van der Waals surface area contributed by atoms with Gasteiger partial charge in [-0.3, -0.25) is 9.48 Å². The van der Waals surface area contributed by atoms with E-state index in [1.54, 1.807) is 11.6 Å². The highest BCUT2D eigenvalue weighted by atomic mass is 32.1. The maximum atomic E-state index is 13.2. The van der Waals surface area contributed by atoms with Crippen LogP contribution in [0.2, 0.25) is 0 Å². The van der Waals surface area contributed by atoms with Crippen molar-refractivity contribution in [1.29, 1.82) is 0 Å². The highest BCUT2D eigenvalue weighted by Crippen LogP contribution is 2.33. The van der Waals surface area contributed by atoms with Crippen molar-refractivity contribution < 1.29 is 13.6 Å². The Bertz CT molecular complexity index is 1070. The summed E-state index contributed by atoms with van der Waals surface area (Å²) < 4.78 is 27.6. The molecule has 29 heavy (non-hydrogen) atoms. The van der Waals surface area contributed by atoms with E-state index in [0.717, 1.165) is 31.7 Å². The van der Waals surface area contributed by atoms with Crippen molar-refractivity contribution in [2.45, 2.75) is 31.4 Å². The van der Waals surface area contributed by atoms with Gasteiger partial charge in [-0.05, 0) is 12.8 Å². The second-order valence-electron chi connectivity index (χ2n) is 7.34. The van der Waals surface area contributed by atoms with Crippen LogP contribution >= 0.6 is 11.3 Å². The first kappa shape index (κ1) is 18.4. The number of alkyl halides is 2. The molecule has 2 N–H and O–H groups in total. The van der Waals surface area contributed by atoms with E-state index in [9.17, 15) is 13.6 Å². The Morgan fingerprint density at radius 2 is 2.10 bits per heavy atom. The number of carbonyl (C=O) groups is 1. The fourth-order valence-electron chi connectivity index (χ4n) is 4.19. The zero-order valence-electron chi connectivity index (χ0n) is 15.6. The molecule has 1 amide bonds. The maximum Gasteiger partial charge on any atom is 0.284 e. The molecule has 2 bridgehead atoms. The summed E-state index contributed by atoms with van der Waals surface area (Å²) in [6.07, 6.45) is 2.55. The molecule has 11 heteroatoms. The number of hydrogen-bond donors (Lipinski definition) is 2. The Morgan fingerprint density at radius 1 is 1.34 bits per heavy atom. The molecule has 2 aliphatic heterocycles. The second kappa shape index (κ2) is 6.99. The Balaban J connectivity index is 1.47. The lowest BCUT2D eigenvalue weighted by atomic mass is 10.2. The number of thiophene rings is 1. The van der Waals surface area contributed by atoms with Gasteiger partial charge >= 0.3 is 0 Å². The quantitative estimate of drug-likeness (QED) is 0.676. The molecule has 5 heterocycles. The third-order valence-corrected chi connectivity index (χ3v) is 6.35. The first-order chi connectivity index (χ1) is 14.0. The van der Waals surface area contributed by atoms with Crippen molar-refractivity contribution in [1.82, 2.24) is 25.1 Å². The third-order valence-electron chi connectivity index (χ3n) is 5.47. The summed E-state index contributed by atoms with van der Waals surface area (Å²) in [5, 5.41) is 11.4. The molecule has 0 spiro atoms. The third kappa shape index (κ3) is 3.14. The summed E-state index contributed by atoms with van der Waals surface area (Å²) >= 11 is 1.31. The van der Waals surface area contributed by atoms with E-state index in [-0.39, 0.29) is 5.69 Å². The average molecular weight is 419 g/mol. The summed E-state index contributed by atoms with van der Waals surface area (Å²) in [5.41, 5.74) is 0.358. The number of aryl methyl sites for hydroxylation is 1. The van der Waals surface area contributed by atoms with Gasteiger partial charge in [-0.1, -0.05) is 0 Å². The molecule has 2 unspecified atom stereocenters. The molecule has 152 valence electrons. The Kier molecular flexibility index (Phi) is 4.43. The Hall–Kier alpha value is -2.66. The summed E-state index contributed by atoms with van der Waals surface area (Å²) in [4.78, 5) is 25.0.